The lowest BCUT2D eigenvalue weighted by Gasteiger charge is -2.00. The number of rotatable bonds is 6. The Morgan fingerprint density at radius 3 is 3.00 bits per heavy atom. The molecule has 18 heavy (non-hydrogen) atoms. The zero-order valence-electron chi connectivity index (χ0n) is 9.97. The van der Waals surface area contributed by atoms with Gasteiger partial charge in [0.25, 0.3) is 0 Å². The fourth-order valence-electron chi connectivity index (χ4n) is 1.54. The van der Waals surface area contributed by atoms with Crippen LogP contribution in [-0.2, 0) is 13.0 Å². The van der Waals surface area contributed by atoms with Crippen molar-refractivity contribution in [2.75, 3.05) is 6.54 Å². The molecule has 2 rings (SSSR count). The minimum absolute atomic E-state index is 0.0260. The second-order valence-electron chi connectivity index (χ2n) is 3.86. The average molecular weight is 266 g/mol. The second kappa shape index (κ2) is 5.79. The first-order valence-electron chi connectivity index (χ1n) is 5.59. The molecular formula is C12H14N2O3S. The first kappa shape index (κ1) is 12.8. The zero-order chi connectivity index (χ0) is 13.0. The molecule has 96 valence electrons. The highest BCUT2D eigenvalue weighted by Crippen LogP contribution is 2.09. The summed E-state index contributed by atoms with van der Waals surface area (Å²) in [5.41, 5.74) is 1.08. The number of furan rings is 1. The highest BCUT2D eigenvalue weighted by Gasteiger charge is 2.08. The predicted octanol–water partition coefficient (Wildman–Crippen LogP) is 2.08. The van der Waals surface area contributed by atoms with E-state index in [1.165, 1.54) is 6.07 Å². The highest BCUT2D eigenvalue weighted by atomic mass is 32.1. The molecule has 0 aromatic carbocycles. The Labute approximate surface area is 108 Å². The number of hydrogen-bond donors (Lipinski definition) is 2. The van der Waals surface area contributed by atoms with E-state index >= 15 is 0 Å². The number of aryl methyl sites for hydroxylation is 1. The van der Waals surface area contributed by atoms with E-state index in [0.29, 0.717) is 12.3 Å². The van der Waals surface area contributed by atoms with Gasteiger partial charge in [-0.15, -0.1) is 11.3 Å². The zero-order valence-corrected chi connectivity index (χ0v) is 10.8. The van der Waals surface area contributed by atoms with Crippen molar-refractivity contribution in [3.8, 4) is 0 Å². The molecule has 0 spiro atoms. The number of hydrogen-bond acceptors (Lipinski definition) is 5. The van der Waals surface area contributed by atoms with Gasteiger partial charge in [-0.05, 0) is 19.1 Å². The molecule has 5 nitrogen and oxygen atoms in total. The molecule has 2 aromatic heterocycles. The van der Waals surface area contributed by atoms with Gasteiger partial charge in [0.05, 0.1) is 17.2 Å². The lowest BCUT2D eigenvalue weighted by atomic mass is 10.3. The summed E-state index contributed by atoms with van der Waals surface area (Å²) < 4.78 is 5.13. The summed E-state index contributed by atoms with van der Waals surface area (Å²) in [7, 11) is 0. The van der Waals surface area contributed by atoms with Gasteiger partial charge in [0.15, 0.2) is 0 Å². The lowest BCUT2D eigenvalue weighted by molar-refractivity contribution is 0.0660. The lowest BCUT2D eigenvalue weighted by Crippen LogP contribution is -2.16. The number of carboxylic acids is 1. The minimum atomic E-state index is -1.04. The fraction of sp³-hybridized carbons (Fsp3) is 0.333. The molecule has 0 aliphatic carbocycles. The van der Waals surface area contributed by atoms with E-state index in [1.807, 2.05) is 12.3 Å². The molecule has 2 heterocycles. The van der Waals surface area contributed by atoms with Gasteiger partial charge in [-0.25, -0.2) is 9.78 Å². The molecule has 0 saturated heterocycles. The first-order valence-corrected chi connectivity index (χ1v) is 6.47. The van der Waals surface area contributed by atoms with Gasteiger partial charge in [-0.3, -0.25) is 0 Å². The molecule has 0 bridgehead atoms. The SMILES string of the molecule is Cc1nc(CCNCc2ccc(C(=O)O)o2)cs1. The van der Waals surface area contributed by atoms with Crippen molar-refractivity contribution < 1.29 is 14.3 Å². The van der Waals surface area contributed by atoms with Crippen LogP contribution in [0.4, 0.5) is 0 Å². The van der Waals surface area contributed by atoms with Crippen LogP contribution in [0.2, 0.25) is 0 Å². The van der Waals surface area contributed by atoms with Crippen molar-refractivity contribution in [1.29, 1.82) is 0 Å². The number of nitrogens with zero attached hydrogens (tertiary/aromatic N) is 1. The molecule has 0 fully saturated rings. The average Bonchev–Trinajstić information content (AvgIpc) is 2.93. The highest BCUT2D eigenvalue weighted by molar-refractivity contribution is 7.09. The Balaban J connectivity index is 1.73. The molecule has 0 aliphatic heterocycles. The third-order valence-corrected chi connectivity index (χ3v) is 3.22. The van der Waals surface area contributed by atoms with Crippen LogP contribution in [0.1, 0.15) is 27.0 Å². The van der Waals surface area contributed by atoms with Crippen molar-refractivity contribution in [2.45, 2.75) is 19.9 Å². The quantitative estimate of drug-likeness (QED) is 0.783. The van der Waals surface area contributed by atoms with Crippen LogP contribution in [-0.4, -0.2) is 22.6 Å². The molecule has 0 saturated carbocycles. The Bertz CT molecular complexity index is 533. The Morgan fingerprint density at radius 2 is 2.39 bits per heavy atom. The molecule has 0 aliphatic rings. The minimum Gasteiger partial charge on any atom is -0.475 e. The number of thiazole rings is 1. The van der Waals surface area contributed by atoms with Gasteiger partial charge in [0.1, 0.15) is 5.76 Å². The van der Waals surface area contributed by atoms with Crippen molar-refractivity contribution in [3.63, 3.8) is 0 Å². The molecule has 0 unspecified atom stereocenters. The number of aromatic carboxylic acids is 1. The topological polar surface area (TPSA) is 75.4 Å². The number of aromatic nitrogens is 1. The fourth-order valence-corrected chi connectivity index (χ4v) is 2.19. The van der Waals surface area contributed by atoms with Crippen molar-refractivity contribution in [1.82, 2.24) is 10.3 Å². The second-order valence-corrected chi connectivity index (χ2v) is 4.92. The van der Waals surface area contributed by atoms with Crippen LogP contribution in [0.3, 0.4) is 0 Å². The van der Waals surface area contributed by atoms with Crippen LogP contribution in [0.5, 0.6) is 0 Å². The van der Waals surface area contributed by atoms with Gasteiger partial charge < -0.3 is 14.8 Å². The summed E-state index contributed by atoms with van der Waals surface area (Å²) in [6.07, 6.45) is 0.858. The molecule has 0 atom stereocenters. The van der Waals surface area contributed by atoms with E-state index in [-0.39, 0.29) is 5.76 Å². The van der Waals surface area contributed by atoms with E-state index in [4.69, 9.17) is 9.52 Å². The normalized spacial score (nSPS) is 10.7. The molecule has 0 radical (unpaired) electrons. The third-order valence-electron chi connectivity index (χ3n) is 2.40. The van der Waals surface area contributed by atoms with Crippen molar-refractivity contribution in [3.05, 3.63) is 39.7 Å². The molecule has 2 N–H and O–H groups in total. The van der Waals surface area contributed by atoms with Crippen LogP contribution in [0.15, 0.2) is 21.9 Å². The molecule has 6 heteroatoms. The van der Waals surface area contributed by atoms with Gasteiger partial charge in [-0.1, -0.05) is 0 Å². The largest absolute Gasteiger partial charge is 0.475 e. The number of carboxylic acid groups (broad SMARTS) is 1. The van der Waals surface area contributed by atoms with E-state index in [0.717, 1.165) is 23.7 Å². The maximum Gasteiger partial charge on any atom is 0.371 e. The maximum atomic E-state index is 10.6. The van der Waals surface area contributed by atoms with Crippen molar-refractivity contribution >= 4 is 17.3 Å². The maximum absolute atomic E-state index is 10.6. The predicted molar refractivity (Wildman–Crippen MR) is 67.9 cm³/mol. The first-order chi connectivity index (χ1) is 8.65. The van der Waals surface area contributed by atoms with Crippen molar-refractivity contribution in [2.24, 2.45) is 0 Å². The van der Waals surface area contributed by atoms with Crippen LogP contribution < -0.4 is 5.32 Å². The Morgan fingerprint density at radius 1 is 1.56 bits per heavy atom. The summed E-state index contributed by atoms with van der Waals surface area (Å²) in [4.78, 5) is 15.0. The molecular weight excluding hydrogens is 252 g/mol. The summed E-state index contributed by atoms with van der Waals surface area (Å²) >= 11 is 1.64. The Hall–Kier alpha value is -1.66. The van der Waals surface area contributed by atoms with Gasteiger partial charge >= 0.3 is 5.97 Å². The van der Waals surface area contributed by atoms with E-state index in [9.17, 15) is 4.79 Å². The summed E-state index contributed by atoms with van der Waals surface area (Å²) in [5.74, 6) is -0.442. The van der Waals surface area contributed by atoms with Gasteiger partial charge in [0.2, 0.25) is 5.76 Å². The summed E-state index contributed by atoms with van der Waals surface area (Å²) in [6, 6.07) is 3.13. The summed E-state index contributed by atoms with van der Waals surface area (Å²) in [6.45, 7) is 3.29. The monoisotopic (exact) mass is 266 g/mol. The Kier molecular flexibility index (Phi) is 4.11. The van der Waals surface area contributed by atoms with Crippen LogP contribution in [0, 0.1) is 6.92 Å². The number of nitrogens with one attached hydrogen (secondary N) is 1. The van der Waals surface area contributed by atoms with E-state index < -0.39 is 5.97 Å². The third kappa shape index (κ3) is 3.41. The molecule has 0 amide bonds. The van der Waals surface area contributed by atoms with Crippen LogP contribution in [0.25, 0.3) is 0 Å². The smallest absolute Gasteiger partial charge is 0.371 e. The summed E-state index contributed by atoms with van der Waals surface area (Å²) in [5, 5.41) is 15.0. The van der Waals surface area contributed by atoms with E-state index in [2.05, 4.69) is 10.3 Å². The molecule has 2 aromatic rings. The van der Waals surface area contributed by atoms with Crippen LogP contribution >= 0.6 is 11.3 Å². The van der Waals surface area contributed by atoms with E-state index in [1.54, 1.807) is 17.4 Å². The van der Waals surface area contributed by atoms with Gasteiger partial charge in [0, 0.05) is 18.3 Å². The standard InChI is InChI=1S/C12H14N2O3S/c1-8-14-9(7-18-8)4-5-13-6-10-2-3-11(17-10)12(15)16/h2-3,7,13H,4-6H2,1H3,(H,15,16). The number of carbonyl (C=O) groups is 1. The van der Waals surface area contributed by atoms with Gasteiger partial charge in [-0.2, -0.15) is 0 Å².